The van der Waals surface area contributed by atoms with E-state index < -0.39 is 0 Å². The highest BCUT2D eigenvalue weighted by Gasteiger charge is 2.10. The molecule has 64 valence electrons. The van der Waals surface area contributed by atoms with E-state index in [1.54, 1.807) is 6.08 Å². The van der Waals surface area contributed by atoms with Gasteiger partial charge in [-0.2, -0.15) is 0 Å². The number of hydrogen-bond acceptors (Lipinski definition) is 1. The fourth-order valence-corrected chi connectivity index (χ4v) is 0.784. The second kappa shape index (κ2) is 4.94. The highest BCUT2D eigenvalue weighted by atomic mass is 16.1. The monoisotopic (exact) mass is 155 g/mol. The van der Waals surface area contributed by atoms with Gasteiger partial charge in [-0.15, -0.1) is 6.58 Å². The van der Waals surface area contributed by atoms with Crippen molar-refractivity contribution in [1.82, 2.24) is 5.32 Å². The summed E-state index contributed by atoms with van der Waals surface area (Å²) in [5.41, 5.74) is 0. The van der Waals surface area contributed by atoms with E-state index in [9.17, 15) is 4.79 Å². The Bertz CT molecular complexity index is 140. The summed E-state index contributed by atoms with van der Waals surface area (Å²) in [6.07, 6.45) is 2.52. The smallest absolute Gasteiger partial charge is 0.223 e. The summed E-state index contributed by atoms with van der Waals surface area (Å²) in [7, 11) is 0. The van der Waals surface area contributed by atoms with Gasteiger partial charge in [-0.05, 0) is 20.3 Å². The lowest BCUT2D eigenvalue weighted by Gasteiger charge is -2.12. The summed E-state index contributed by atoms with van der Waals surface area (Å²) >= 11 is 0. The lowest BCUT2D eigenvalue weighted by Crippen LogP contribution is -2.34. The van der Waals surface area contributed by atoms with Crippen LogP contribution in [-0.4, -0.2) is 11.9 Å². The molecule has 0 radical (unpaired) electrons. The van der Waals surface area contributed by atoms with Crippen LogP contribution in [0.2, 0.25) is 0 Å². The average Bonchev–Trinajstić information content (AvgIpc) is 1.86. The summed E-state index contributed by atoms with van der Waals surface area (Å²) in [5, 5.41) is 2.84. The molecule has 2 heteroatoms. The molecule has 0 bridgehead atoms. The van der Waals surface area contributed by atoms with Crippen LogP contribution in [0.15, 0.2) is 12.7 Å². The van der Waals surface area contributed by atoms with Crippen LogP contribution in [0, 0.1) is 5.92 Å². The molecule has 0 aromatic rings. The number of carbonyl (C=O) groups excluding carboxylic acids is 1. The molecule has 0 aliphatic carbocycles. The summed E-state index contributed by atoms with van der Waals surface area (Å²) in [4.78, 5) is 11.2. The molecular weight excluding hydrogens is 138 g/mol. The van der Waals surface area contributed by atoms with Crippen LogP contribution >= 0.6 is 0 Å². The zero-order chi connectivity index (χ0) is 8.85. The average molecular weight is 155 g/mol. The van der Waals surface area contributed by atoms with E-state index in [2.05, 4.69) is 11.9 Å². The fourth-order valence-electron chi connectivity index (χ4n) is 0.784. The Morgan fingerprint density at radius 1 is 1.55 bits per heavy atom. The minimum absolute atomic E-state index is 0.0508. The van der Waals surface area contributed by atoms with E-state index in [1.165, 1.54) is 0 Å². The van der Waals surface area contributed by atoms with Crippen LogP contribution in [-0.2, 0) is 4.79 Å². The highest BCUT2D eigenvalue weighted by molar-refractivity contribution is 5.78. The second-order valence-electron chi connectivity index (χ2n) is 3.09. The lowest BCUT2D eigenvalue weighted by atomic mass is 10.1. The van der Waals surface area contributed by atoms with Crippen LogP contribution in [0.3, 0.4) is 0 Å². The molecule has 0 aliphatic heterocycles. The van der Waals surface area contributed by atoms with Crippen LogP contribution in [0.25, 0.3) is 0 Å². The zero-order valence-electron chi connectivity index (χ0n) is 7.55. The molecule has 0 fully saturated rings. The van der Waals surface area contributed by atoms with Gasteiger partial charge in [-0.25, -0.2) is 0 Å². The van der Waals surface area contributed by atoms with Gasteiger partial charge in [0, 0.05) is 12.0 Å². The molecule has 0 aliphatic rings. The molecule has 0 rings (SSSR count). The number of amides is 1. The Morgan fingerprint density at radius 2 is 2.09 bits per heavy atom. The Hall–Kier alpha value is -0.790. The van der Waals surface area contributed by atoms with Gasteiger partial charge < -0.3 is 5.32 Å². The molecule has 2 nitrogen and oxygen atoms in total. The number of carbonyl (C=O) groups is 1. The minimum Gasteiger partial charge on any atom is -0.354 e. The summed E-state index contributed by atoms with van der Waals surface area (Å²) in [6.45, 7) is 9.40. The van der Waals surface area contributed by atoms with Gasteiger partial charge in [-0.3, -0.25) is 4.79 Å². The summed E-state index contributed by atoms with van der Waals surface area (Å²) < 4.78 is 0. The number of hydrogen-bond donors (Lipinski definition) is 1. The van der Waals surface area contributed by atoms with Crippen molar-refractivity contribution < 1.29 is 4.79 Å². The zero-order valence-corrected chi connectivity index (χ0v) is 7.55. The molecule has 0 saturated carbocycles. The van der Waals surface area contributed by atoms with E-state index in [4.69, 9.17) is 0 Å². The SMILES string of the molecule is C=CCC(C)C(=O)NC(C)C. The van der Waals surface area contributed by atoms with Gasteiger partial charge in [-0.1, -0.05) is 13.0 Å². The topological polar surface area (TPSA) is 29.1 Å². The Balaban J connectivity index is 3.72. The summed E-state index contributed by atoms with van der Waals surface area (Å²) in [6, 6.07) is 0.231. The predicted octanol–water partition coefficient (Wildman–Crippen LogP) is 1.72. The van der Waals surface area contributed by atoms with E-state index in [1.807, 2.05) is 20.8 Å². The Kier molecular flexibility index (Phi) is 4.59. The normalized spacial score (nSPS) is 12.7. The predicted molar refractivity (Wildman–Crippen MR) is 47.3 cm³/mol. The van der Waals surface area contributed by atoms with Crippen molar-refractivity contribution in [3.63, 3.8) is 0 Å². The van der Waals surface area contributed by atoms with E-state index >= 15 is 0 Å². The van der Waals surface area contributed by atoms with Crippen molar-refractivity contribution in [2.24, 2.45) is 5.92 Å². The number of rotatable bonds is 4. The maximum Gasteiger partial charge on any atom is 0.223 e. The van der Waals surface area contributed by atoms with Crippen molar-refractivity contribution in [3.8, 4) is 0 Å². The van der Waals surface area contributed by atoms with Gasteiger partial charge in [0.1, 0.15) is 0 Å². The standard InChI is InChI=1S/C9H17NO/c1-5-6-8(4)9(11)10-7(2)3/h5,7-8H,1,6H2,2-4H3,(H,10,11). The van der Waals surface area contributed by atoms with Gasteiger partial charge in [0.05, 0.1) is 0 Å². The molecule has 0 aromatic heterocycles. The maximum atomic E-state index is 11.2. The first-order valence-corrected chi connectivity index (χ1v) is 3.99. The first-order valence-electron chi connectivity index (χ1n) is 3.99. The number of allylic oxidation sites excluding steroid dienone is 1. The van der Waals surface area contributed by atoms with Crippen LogP contribution < -0.4 is 5.32 Å². The molecule has 1 N–H and O–H groups in total. The lowest BCUT2D eigenvalue weighted by molar-refractivity contribution is -0.124. The van der Waals surface area contributed by atoms with Crippen molar-refractivity contribution >= 4 is 5.91 Å². The molecule has 0 saturated heterocycles. The third-order valence-corrected chi connectivity index (χ3v) is 1.40. The first kappa shape index (κ1) is 10.2. The van der Waals surface area contributed by atoms with Crippen molar-refractivity contribution in [1.29, 1.82) is 0 Å². The molecule has 0 heterocycles. The van der Waals surface area contributed by atoms with Crippen LogP contribution in [0.4, 0.5) is 0 Å². The first-order chi connectivity index (χ1) is 5.07. The van der Waals surface area contributed by atoms with Gasteiger partial charge >= 0.3 is 0 Å². The molecule has 1 amide bonds. The van der Waals surface area contributed by atoms with Crippen LogP contribution in [0.1, 0.15) is 27.2 Å². The van der Waals surface area contributed by atoms with E-state index in [-0.39, 0.29) is 17.9 Å². The Labute approximate surface area is 68.7 Å². The van der Waals surface area contributed by atoms with Crippen molar-refractivity contribution in [3.05, 3.63) is 12.7 Å². The number of nitrogens with one attached hydrogen (secondary N) is 1. The van der Waals surface area contributed by atoms with Gasteiger partial charge in [0.15, 0.2) is 0 Å². The van der Waals surface area contributed by atoms with Crippen molar-refractivity contribution in [2.45, 2.75) is 33.2 Å². The van der Waals surface area contributed by atoms with Crippen molar-refractivity contribution in [2.75, 3.05) is 0 Å². The van der Waals surface area contributed by atoms with Gasteiger partial charge in [0.2, 0.25) is 5.91 Å². The third-order valence-electron chi connectivity index (χ3n) is 1.40. The third kappa shape index (κ3) is 4.59. The molecular formula is C9H17NO. The molecule has 0 aromatic carbocycles. The van der Waals surface area contributed by atoms with E-state index in [0.717, 1.165) is 6.42 Å². The van der Waals surface area contributed by atoms with Gasteiger partial charge in [0.25, 0.3) is 0 Å². The summed E-state index contributed by atoms with van der Waals surface area (Å²) in [5.74, 6) is 0.162. The molecule has 11 heavy (non-hydrogen) atoms. The minimum atomic E-state index is 0.0508. The molecule has 1 unspecified atom stereocenters. The quantitative estimate of drug-likeness (QED) is 0.615. The maximum absolute atomic E-state index is 11.2. The van der Waals surface area contributed by atoms with Crippen LogP contribution in [0.5, 0.6) is 0 Å². The molecule has 1 atom stereocenters. The molecule has 0 spiro atoms. The fraction of sp³-hybridized carbons (Fsp3) is 0.667. The Morgan fingerprint density at radius 3 is 2.45 bits per heavy atom. The second-order valence-corrected chi connectivity index (χ2v) is 3.09. The highest BCUT2D eigenvalue weighted by Crippen LogP contribution is 2.01. The van der Waals surface area contributed by atoms with E-state index in [0.29, 0.717) is 0 Å². The largest absolute Gasteiger partial charge is 0.354 e.